The third kappa shape index (κ3) is 9.54. The summed E-state index contributed by atoms with van der Waals surface area (Å²) in [6, 6.07) is 8.31. The molecule has 0 amide bonds. The quantitative estimate of drug-likeness (QED) is 0.103. The molecule has 93 heavy (non-hydrogen) atoms. The van der Waals surface area contributed by atoms with E-state index in [0.29, 0.717) is 132 Å². The molecule has 7 atom stereocenters. The van der Waals surface area contributed by atoms with Crippen LogP contribution < -0.4 is 29.1 Å². The molecule has 0 saturated carbocycles. The fourth-order valence-electron chi connectivity index (χ4n) is 16.7. The minimum atomic E-state index is -1.38. The number of fused-ring (bicyclic) bond motifs is 8. The maximum absolute atomic E-state index is 18.3. The van der Waals surface area contributed by atoms with E-state index in [1.54, 1.807) is 6.07 Å². The number of hydrogen-bond donors (Lipinski definition) is 2. The largest absolute Gasteiger partial charge is 0.508 e. The summed E-state index contributed by atoms with van der Waals surface area (Å²) in [6.45, 7) is 4.28. The molecule has 12 heterocycles. The first-order valence-electron chi connectivity index (χ1n) is 31.9. The molecule has 6 fully saturated rings. The molecule has 24 heteroatoms. The Morgan fingerprint density at radius 2 is 1.18 bits per heavy atom. The van der Waals surface area contributed by atoms with E-state index in [1.165, 1.54) is 36.4 Å². The SMILES string of the molecule is C#Cc1c(F)ccc2cc(O)cc(-c3nc4c5c(nc(OC[C@@]67CCC(c8cc9cc(O)cc(-c%10nc%11c%12c(nc(OC[C@@]%13%14CCCN%13C[C@H](F)C%14)nc%12c%10F)N%10CCOCC[C@@H]%10CCN%11C)c9c(C#C)c8F)N6C[C@H](F)C7)nc5c3F)N3CCOC[C@@H]3CCN4C)c12. The zero-order valence-corrected chi connectivity index (χ0v) is 51.3. The van der Waals surface area contributed by atoms with E-state index in [0.717, 1.165) is 19.4 Å². The van der Waals surface area contributed by atoms with Gasteiger partial charge in [0.1, 0.15) is 94.4 Å². The van der Waals surface area contributed by atoms with Crippen LogP contribution in [0.5, 0.6) is 23.5 Å². The molecule has 480 valence electrons. The third-order valence-electron chi connectivity index (χ3n) is 21.0. The van der Waals surface area contributed by atoms with Crippen molar-refractivity contribution in [2.45, 2.75) is 99.3 Å². The number of pyridine rings is 2. The Morgan fingerprint density at radius 1 is 0.591 bits per heavy atom. The van der Waals surface area contributed by atoms with Gasteiger partial charge in [0, 0.05) is 112 Å². The van der Waals surface area contributed by atoms with Crippen LogP contribution in [0.2, 0.25) is 0 Å². The molecule has 0 spiro atoms. The van der Waals surface area contributed by atoms with Gasteiger partial charge in [0.05, 0.1) is 58.8 Å². The van der Waals surface area contributed by atoms with Crippen LogP contribution in [0, 0.1) is 48.0 Å². The number of hydrogen-bond acceptors (Lipinski definition) is 18. The molecular weight excluding hydrogens is 1210 g/mol. The van der Waals surface area contributed by atoms with Crippen molar-refractivity contribution < 1.29 is 55.5 Å². The number of phenols is 2. The number of nitrogens with zero attached hydrogens (tertiary/aromatic N) is 12. The predicted molar refractivity (Wildman–Crippen MR) is 339 cm³/mol. The highest BCUT2D eigenvalue weighted by atomic mass is 19.2. The average Bonchev–Trinajstić information content (AvgIpc) is 0.994. The van der Waals surface area contributed by atoms with E-state index in [9.17, 15) is 10.2 Å². The lowest BCUT2D eigenvalue weighted by molar-refractivity contribution is 0.0829. The van der Waals surface area contributed by atoms with E-state index >= 15 is 26.3 Å². The second-order valence-electron chi connectivity index (χ2n) is 26.3. The minimum Gasteiger partial charge on any atom is -0.508 e. The van der Waals surface area contributed by atoms with Crippen molar-refractivity contribution in [3.8, 4) is 70.7 Å². The summed E-state index contributed by atoms with van der Waals surface area (Å²) in [5.41, 5.74) is -2.65. The van der Waals surface area contributed by atoms with Crippen LogP contribution in [0.1, 0.15) is 80.5 Å². The molecule has 4 aromatic carbocycles. The van der Waals surface area contributed by atoms with E-state index in [-0.39, 0.29) is 134 Å². The summed E-state index contributed by atoms with van der Waals surface area (Å²) >= 11 is 0. The monoisotopic (exact) mass is 1270 g/mol. The topological polar surface area (TPSA) is 174 Å². The summed E-state index contributed by atoms with van der Waals surface area (Å²) in [5.74, 6) is 2.52. The van der Waals surface area contributed by atoms with Crippen LogP contribution in [-0.4, -0.2) is 185 Å². The van der Waals surface area contributed by atoms with Gasteiger partial charge in [-0.1, -0.05) is 17.9 Å². The van der Waals surface area contributed by atoms with Crippen molar-refractivity contribution in [2.75, 3.05) is 119 Å². The maximum Gasteiger partial charge on any atom is 0.319 e. The molecule has 1 unspecified atom stereocenters. The fraction of sp³-hybridized carbons (Fsp3) is 0.449. The molecule has 8 aliphatic rings. The molecule has 0 bridgehead atoms. The zero-order chi connectivity index (χ0) is 63.9. The highest BCUT2D eigenvalue weighted by Gasteiger charge is 2.55. The average molecular weight is 1270 g/mol. The first-order valence-corrected chi connectivity index (χ1v) is 31.9. The molecule has 16 rings (SSSR count). The van der Waals surface area contributed by atoms with Crippen molar-refractivity contribution in [2.24, 2.45) is 0 Å². The van der Waals surface area contributed by atoms with E-state index in [1.807, 2.05) is 33.7 Å². The Labute approximate surface area is 531 Å². The number of alkyl halides is 2. The maximum atomic E-state index is 18.3. The van der Waals surface area contributed by atoms with Crippen molar-refractivity contribution in [3.05, 3.63) is 82.4 Å². The molecule has 0 aliphatic carbocycles. The van der Waals surface area contributed by atoms with Crippen LogP contribution in [0.3, 0.4) is 0 Å². The predicted octanol–water partition coefficient (Wildman–Crippen LogP) is 10.1. The lowest BCUT2D eigenvalue weighted by atomic mass is 9.90. The summed E-state index contributed by atoms with van der Waals surface area (Å²) in [5, 5.41) is 24.2. The van der Waals surface area contributed by atoms with Gasteiger partial charge in [-0.15, -0.1) is 12.8 Å². The lowest BCUT2D eigenvalue weighted by Gasteiger charge is -2.40. The number of halogens is 6. The van der Waals surface area contributed by atoms with E-state index < -0.39 is 52.7 Å². The first kappa shape index (κ1) is 59.3. The first-order chi connectivity index (χ1) is 45.0. The van der Waals surface area contributed by atoms with Crippen molar-refractivity contribution in [3.63, 3.8) is 0 Å². The van der Waals surface area contributed by atoms with Gasteiger partial charge >= 0.3 is 12.0 Å². The highest BCUT2D eigenvalue weighted by Crippen LogP contribution is 2.53. The Bertz CT molecular complexity index is 4540. The summed E-state index contributed by atoms with van der Waals surface area (Å²) in [6.07, 6.45) is 14.3. The van der Waals surface area contributed by atoms with Crippen LogP contribution in [0.25, 0.3) is 65.9 Å². The lowest BCUT2D eigenvalue weighted by Crippen LogP contribution is -2.48. The number of morpholine rings is 1. The summed E-state index contributed by atoms with van der Waals surface area (Å²) in [4.78, 5) is 41.4. The number of anilines is 4. The van der Waals surface area contributed by atoms with Gasteiger partial charge in [-0.2, -0.15) is 19.9 Å². The number of rotatable bonds is 9. The molecule has 2 N–H and O–H groups in total. The number of phenolic OH excluding ortho intramolecular Hbond substituents is 2. The summed E-state index contributed by atoms with van der Waals surface area (Å²) in [7, 11) is 3.67. The second-order valence-corrected chi connectivity index (χ2v) is 26.3. The van der Waals surface area contributed by atoms with Gasteiger partial charge in [0.15, 0.2) is 11.6 Å². The van der Waals surface area contributed by atoms with Gasteiger partial charge in [-0.25, -0.2) is 36.3 Å². The van der Waals surface area contributed by atoms with Gasteiger partial charge in [0.25, 0.3) is 0 Å². The molecular formula is C69H66F6N12O6. The minimum absolute atomic E-state index is 0.00140. The number of ether oxygens (including phenoxy) is 4. The van der Waals surface area contributed by atoms with Gasteiger partial charge in [-0.3, -0.25) is 9.80 Å². The number of benzene rings is 4. The third-order valence-corrected chi connectivity index (χ3v) is 21.0. The molecule has 8 aromatic rings. The Morgan fingerprint density at radius 3 is 1.85 bits per heavy atom. The normalized spacial score (nSPS) is 25.5. The zero-order valence-electron chi connectivity index (χ0n) is 51.3. The fourth-order valence-corrected chi connectivity index (χ4v) is 16.7. The van der Waals surface area contributed by atoms with Crippen LogP contribution in [-0.2, 0) is 9.47 Å². The molecule has 6 saturated heterocycles. The molecule has 18 nitrogen and oxygen atoms in total. The van der Waals surface area contributed by atoms with E-state index in [4.69, 9.17) is 61.7 Å². The van der Waals surface area contributed by atoms with E-state index in [2.05, 4.69) is 21.6 Å². The van der Waals surface area contributed by atoms with Crippen molar-refractivity contribution in [1.29, 1.82) is 0 Å². The van der Waals surface area contributed by atoms with Crippen molar-refractivity contribution in [1.82, 2.24) is 39.7 Å². The van der Waals surface area contributed by atoms with Crippen LogP contribution in [0.15, 0.2) is 42.5 Å². The van der Waals surface area contributed by atoms with Crippen LogP contribution in [0.4, 0.5) is 49.6 Å². The Balaban J connectivity index is 0.781. The number of aromatic hydroxyl groups is 2. The second kappa shape index (κ2) is 22.5. The van der Waals surface area contributed by atoms with Gasteiger partial charge in [0.2, 0.25) is 0 Å². The smallest absolute Gasteiger partial charge is 0.319 e. The van der Waals surface area contributed by atoms with Crippen LogP contribution >= 0.6 is 0 Å². The van der Waals surface area contributed by atoms with Gasteiger partial charge in [-0.05, 0) is 98.7 Å². The Kier molecular flexibility index (Phi) is 14.4. The highest BCUT2D eigenvalue weighted by molar-refractivity contribution is 6.08. The van der Waals surface area contributed by atoms with Crippen molar-refractivity contribution >= 4 is 66.6 Å². The number of terminal acetylenes is 2. The van der Waals surface area contributed by atoms with Gasteiger partial charge < -0.3 is 48.8 Å². The summed E-state index contributed by atoms with van der Waals surface area (Å²) < 4.78 is 126. The standard InChI is InChI=1S/C69H66F6N12O6/c1-5-44-49(72)9-8-36-24-42(88)27-47(51(36)44)58-56(74)61-54-63(76-58)83(4)18-12-41-33-91-23-20-86(41)65(54)81-67(79-61)93-35-69-15-10-50(87(69)32-39(71)30-69)46-26-37-25-43(89)28-48(52(37)45(6-2)55(46)73)59-57(75)60-53-62(77-59)82(3)17-11-40-13-21-90-22-19-85(40)64(53)80-66(78-60)92-34-68-14-7-16-84(68)31-38(70)29-68/h1-2,8-9,24-28,38-41,50,88-89H,7,10-23,29-35H2,3-4H3/t38-,39-,40+,41+,50?,68+,69+/m1/s1. The molecule has 8 aliphatic heterocycles. The molecule has 4 aromatic heterocycles. The number of aromatic nitrogens is 6. The Hall–Kier alpha value is -8.68. The molecule has 0 radical (unpaired) electrons.